The van der Waals surface area contributed by atoms with E-state index in [4.69, 9.17) is 5.11 Å². The van der Waals surface area contributed by atoms with Crippen LogP contribution in [-0.2, 0) is 17.8 Å². The molecule has 6 nitrogen and oxygen atoms in total. The van der Waals surface area contributed by atoms with Gasteiger partial charge in [0.15, 0.2) is 0 Å². The van der Waals surface area contributed by atoms with Gasteiger partial charge in [-0.1, -0.05) is 19.1 Å². The predicted molar refractivity (Wildman–Crippen MR) is 61.7 cm³/mol. The van der Waals surface area contributed by atoms with E-state index in [0.717, 1.165) is 5.69 Å². The summed E-state index contributed by atoms with van der Waals surface area (Å²) in [5, 5.41) is 26.4. The highest BCUT2D eigenvalue weighted by Gasteiger charge is 2.22. The van der Waals surface area contributed by atoms with Gasteiger partial charge >= 0.3 is 5.97 Å². The Kier molecular flexibility index (Phi) is 3.87. The maximum Gasteiger partial charge on any atom is 0.309 e. The van der Waals surface area contributed by atoms with Crippen LogP contribution in [0.15, 0.2) is 0 Å². The molecule has 0 aliphatic carbocycles. The lowest BCUT2D eigenvalue weighted by Crippen LogP contribution is -2.28. The Morgan fingerprint density at radius 2 is 2.06 bits per heavy atom. The van der Waals surface area contributed by atoms with Gasteiger partial charge in [0.1, 0.15) is 0 Å². The molecule has 0 saturated heterocycles. The molecule has 17 heavy (non-hydrogen) atoms. The zero-order valence-corrected chi connectivity index (χ0v) is 10.6. The number of aliphatic carboxylic acids is 1. The largest absolute Gasteiger partial charge is 0.481 e. The van der Waals surface area contributed by atoms with E-state index in [1.165, 1.54) is 0 Å². The molecule has 96 valence electrons. The summed E-state index contributed by atoms with van der Waals surface area (Å²) in [5.74, 6) is -0.816. The van der Waals surface area contributed by atoms with Crippen molar-refractivity contribution in [2.24, 2.45) is 0 Å². The molecule has 0 bridgehead atoms. The predicted octanol–water partition coefficient (Wildman–Crippen LogP) is 0.799. The van der Waals surface area contributed by atoms with Crippen molar-refractivity contribution in [1.82, 2.24) is 15.0 Å². The van der Waals surface area contributed by atoms with Gasteiger partial charge in [-0.3, -0.25) is 4.79 Å². The molecule has 0 aliphatic heterocycles. The molecule has 0 unspecified atom stereocenters. The second-order valence-corrected chi connectivity index (χ2v) is 5.12. The minimum atomic E-state index is -0.929. The fourth-order valence-corrected chi connectivity index (χ4v) is 1.74. The molecule has 0 radical (unpaired) electrons. The Hall–Kier alpha value is -1.43. The van der Waals surface area contributed by atoms with Crippen molar-refractivity contribution >= 4 is 5.97 Å². The zero-order chi connectivity index (χ0) is 13.2. The Labute approximate surface area is 100 Å². The minimum absolute atomic E-state index is 0.113. The molecule has 0 amide bonds. The molecule has 6 heteroatoms. The summed E-state index contributed by atoms with van der Waals surface area (Å²) in [6.07, 6.45) is -0.140. The topological polar surface area (TPSA) is 88.2 Å². The van der Waals surface area contributed by atoms with Crippen molar-refractivity contribution in [2.45, 2.75) is 52.2 Å². The third kappa shape index (κ3) is 3.81. The van der Waals surface area contributed by atoms with Crippen molar-refractivity contribution in [1.29, 1.82) is 0 Å². The van der Waals surface area contributed by atoms with Gasteiger partial charge in [-0.15, -0.1) is 5.10 Å². The maximum atomic E-state index is 10.7. The van der Waals surface area contributed by atoms with Gasteiger partial charge in [0.2, 0.25) is 0 Å². The second kappa shape index (κ2) is 4.83. The van der Waals surface area contributed by atoms with Crippen LogP contribution in [0.25, 0.3) is 0 Å². The van der Waals surface area contributed by atoms with E-state index < -0.39 is 11.6 Å². The van der Waals surface area contributed by atoms with E-state index >= 15 is 0 Å². The van der Waals surface area contributed by atoms with Crippen LogP contribution in [0.4, 0.5) is 0 Å². The van der Waals surface area contributed by atoms with Crippen LogP contribution in [0, 0.1) is 0 Å². The van der Waals surface area contributed by atoms with Gasteiger partial charge in [-0.25, -0.2) is 4.68 Å². The van der Waals surface area contributed by atoms with E-state index in [1.54, 1.807) is 18.5 Å². The molecule has 1 aromatic heterocycles. The first-order valence-electron chi connectivity index (χ1n) is 5.57. The SMILES string of the molecule is CC(C)c1c(CC(=O)O)nnn1CC(C)(C)O. The van der Waals surface area contributed by atoms with Crippen LogP contribution in [0.2, 0.25) is 0 Å². The molecular weight excluding hydrogens is 222 g/mol. The molecular formula is C11H19N3O3. The van der Waals surface area contributed by atoms with Crippen molar-refractivity contribution in [3.63, 3.8) is 0 Å². The lowest BCUT2D eigenvalue weighted by Gasteiger charge is -2.19. The first-order valence-corrected chi connectivity index (χ1v) is 5.57. The molecule has 0 spiro atoms. The molecule has 0 atom stereocenters. The Morgan fingerprint density at radius 3 is 2.47 bits per heavy atom. The lowest BCUT2D eigenvalue weighted by atomic mass is 10.1. The summed E-state index contributed by atoms with van der Waals surface area (Å²) < 4.78 is 1.59. The summed E-state index contributed by atoms with van der Waals surface area (Å²) in [6.45, 7) is 7.55. The standard InChI is InChI=1S/C11H19N3O3/c1-7(2)10-8(5-9(15)16)12-13-14(10)6-11(3,4)17/h7,17H,5-6H2,1-4H3,(H,15,16). The monoisotopic (exact) mass is 241 g/mol. The summed E-state index contributed by atoms with van der Waals surface area (Å²) in [5.41, 5.74) is 0.337. The van der Waals surface area contributed by atoms with Gasteiger partial charge in [0.25, 0.3) is 0 Å². The van der Waals surface area contributed by atoms with E-state index in [9.17, 15) is 9.90 Å². The smallest absolute Gasteiger partial charge is 0.309 e. The number of nitrogens with zero attached hydrogens (tertiary/aromatic N) is 3. The van der Waals surface area contributed by atoms with Crippen molar-refractivity contribution in [3.8, 4) is 0 Å². The van der Waals surface area contributed by atoms with Gasteiger partial charge in [-0.2, -0.15) is 0 Å². The average Bonchev–Trinajstić information content (AvgIpc) is 2.43. The number of carboxylic acid groups (broad SMARTS) is 1. The van der Waals surface area contributed by atoms with Crippen LogP contribution in [0.3, 0.4) is 0 Å². The summed E-state index contributed by atoms with van der Waals surface area (Å²) >= 11 is 0. The molecule has 0 fully saturated rings. The van der Waals surface area contributed by atoms with Crippen molar-refractivity contribution in [2.75, 3.05) is 0 Å². The van der Waals surface area contributed by atoms with Crippen LogP contribution < -0.4 is 0 Å². The number of rotatable bonds is 5. The molecule has 0 aromatic carbocycles. The van der Waals surface area contributed by atoms with Gasteiger partial charge in [0, 0.05) is 0 Å². The molecule has 1 rings (SSSR count). The number of aliphatic hydroxyl groups is 1. The van der Waals surface area contributed by atoms with Gasteiger partial charge < -0.3 is 10.2 Å². The number of carbonyl (C=O) groups is 1. The molecule has 0 aliphatic rings. The third-order valence-electron chi connectivity index (χ3n) is 2.25. The second-order valence-electron chi connectivity index (χ2n) is 5.12. The van der Waals surface area contributed by atoms with Crippen molar-refractivity contribution < 1.29 is 15.0 Å². The summed E-state index contributed by atoms with van der Waals surface area (Å²) in [4.78, 5) is 10.7. The fourth-order valence-electron chi connectivity index (χ4n) is 1.74. The molecule has 2 N–H and O–H groups in total. The quantitative estimate of drug-likeness (QED) is 0.796. The Morgan fingerprint density at radius 1 is 1.47 bits per heavy atom. The van der Waals surface area contributed by atoms with Gasteiger partial charge in [-0.05, 0) is 19.8 Å². The zero-order valence-electron chi connectivity index (χ0n) is 10.6. The number of hydrogen-bond acceptors (Lipinski definition) is 4. The van der Waals surface area contributed by atoms with E-state index in [-0.39, 0.29) is 12.3 Å². The van der Waals surface area contributed by atoms with E-state index in [2.05, 4.69) is 10.3 Å². The van der Waals surface area contributed by atoms with Crippen LogP contribution in [0.5, 0.6) is 0 Å². The minimum Gasteiger partial charge on any atom is -0.481 e. The first-order chi connectivity index (χ1) is 7.70. The Bertz CT molecular complexity index is 405. The van der Waals surface area contributed by atoms with Crippen LogP contribution in [-0.4, -0.2) is 36.8 Å². The fraction of sp³-hybridized carbons (Fsp3) is 0.727. The number of hydrogen-bond donors (Lipinski definition) is 2. The number of carboxylic acids is 1. The normalized spacial score (nSPS) is 12.1. The summed E-state index contributed by atoms with van der Waals surface area (Å²) in [6, 6.07) is 0. The van der Waals surface area contributed by atoms with Gasteiger partial charge in [0.05, 0.1) is 30.0 Å². The third-order valence-corrected chi connectivity index (χ3v) is 2.25. The first kappa shape index (κ1) is 13.6. The highest BCUT2D eigenvalue weighted by atomic mass is 16.4. The van der Waals surface area contributed by atoms with E-state index in [1.807, 2.05) is 13.8 Å². The highest BCUT2D eigenvalue weighted by Crippen LogP contribution is 2.20. The van der Waals surface area contributed by atoms with E-state index in [0.29, 0.717) is 12.2 Å². The number of aromatic nitrogens is 3. The maximum absolute atomic E-state index is 10.7. The summed E-state index contributed by atoms with van der Waals surface area (Å²) in [7, 11) is 0. The lowest BCUT2D eigenvalue weighted by molar-refractivity contribution is -0.136. The van der Waals surface area contributed by atoms with Crippen LogP contribution in [0.1, 0.15) is 45.0 Å². The van der Waals surface area contributed by atoms with Crippen molar-refractivity contribution in [3.05, 3.63) is 11.4 Å². The molecule has 1 aromatic rings. The van der Waals surface area contributed by atoms with Crippen LogP contribution >= 0.6 is 0 Å². The Balaban J connectivity index is 3.06. The molecule has 0 saturated carbocycles. The molecule has 1 heterocycles. The highest BCUT2D eigenvalue weighted by molar-refractivity contribution is 5.69. The average molecular weight is 241 g/mol.